The summed E-state index contributed by atoms with van der Waals surface area (Å²) in [6.07, 6.45) is 7.82. The monoisotopic (exact) mass is 320 g/mol. The summed E-state index contributed by atoms with van der Waals surface area (Å²) in [4.78, 5) is 18.8. The average molecular weight is 320 g/mol. The summed E-state index contributed by atoms with van der Waals surface area (Å²) in [5.41, 5.74) is 2.73. The van der Waals surface area contributed by atoms with Gasteiger partial charge in [0, 0.05) is 25.0 Å². The zero-order valence-corrected chi connectivity index (χ0v) is 13.5. The molecule has 0 aliphatic carbocycles. The summed E-state index contributed by atoms with van der Waals surface area (Å²) in [7, 11) is 0. The lowest BCUT2D eigenvalue weighted by Gasteiger charge is -2.20. The molecule has 0 radical (unpaired) electrons. The van der Waals surface area contributed by atoms with Crippen LogP contribution < -0.4 is 5.32 Å². The van der Waals surface area contributed by atoms with Gasteiger partial charge < -0.3 is 10.2 Å². The number of likely N-dealkylation sites (tertiary alicyclic amines) is 1. The smallest absolute Gasteiger partial charge is 0.255 e. The predicted octanol–water partition coefficient (Wildman–Crippen LogP) is 3.71. The molecular weight excluding hydrogens is 300 g/mol. The maximum absolute atomic E-state index is 12.7. The lowest BCUT2D eigenvalue weighted by atomic mass is 10.2. The van der Waals surface area contributed by atoms with E-state index in [1.807, 2.05) is 23.1 Å². The van der Waals surface area contributed by atoms with Gasteiger partial charge in [0.15, 0.2) is 0 Å². The minimum atomic E-state index is 0.0406. The highest BCUT2D eigenvalue weighted by Gasteiger charge is 2.17. The van der Waals surface area contributed by atoms with Crippen molar-refractivity contribution in [3.8, 4) is 6.07 Å². The number of benzene rings is 1. The van der Waals surface area contributed by atoms with E-state index < -0.39 is 0 Å². The van der Waals surface area contributed by atoms with Gasteiger partial charge in [-0.1, -0.05) is 18.9 Å². The van der Waals surface area contributed by atoms with Crippen LogP contribution in [0.15, 0.2) is 42.7 Å². The molecular formula is C19H20N4O. The third-order valence-corrected chi connectivity index (χ3v) is 4.16. The van der Waals surface area contributed by atoms with Crippen molar-refractivity contribution in [3.05, 3.63) is 53.9 Å². The third-order valence-electron chi connectivity index (χ3n) is 4.16. The maximum atomic E-state index is 12.7. The largest absolute Gasteiger partial charge is 0.354 e. The number of hydrogen-bond donors (Lipinski definition) is 1. The highest BCUT2D eigenvalue weighted by Crippen LogP contribution is 2.19. The van der Waals surface area contributed by atoms with Crippen LogP contribution in [-0.2, 0) is 0 Å². The number of nitrogens with one attached hydrogen (secondary N) is 1. The Balaban J connectivity index is 1.76. The number of nitrogens with zero attached hydrogens (tertiary/aromatic N) is 3. The first-order chi connectivity index (χ1) is 11.8. The Morgan fingerprint density at radius 2 is 1.88 bits per heavy atom. The first-order valence-electron chi connectivity index (χ1n) is 8.28. The van der Waals surface area contributed by atoms with Crippen LogP contribution in [0.3, 0.4) is 0 Å². The predicted molar refractivity (Wildman–Crippen MR) is 93.0 cm³/mol. The number of aromatic nitrogens is 1. The molecule has 24 heavy (non-hydrogen) atoms. The van der Waals surface area contributed by atoms with Crippen LogP contribution in [0.25, 0.3) is 0 Å². The Hall–Kier alpha value is -2.87. The lowest BCUT2D eigenvalue weighted by molar-refractivity contribution is 0.0761. The molecule has 0 unspecified atom stereocenters. The Labute approximate surface area is 141 Å². The van der Waals surface area contributed by atoms with E-state index in [0.29, 0.717) is 11.1 Å². The Morgan fingerprint density at radius 3 is 2.62 bits per heavy atom. The molecule has 2 aromatic rings. The standard InChI is InChI=1S/C19H20N4O/c20-12-15-6-5-7-17(10-15)22-18-11-16(13-21-14-18)19(24)23-8-3-1-2-4-9-23/h5-7,10-11,13-14,22H,1-4,8-9H2. The number of rotatable bonds is 3. The molecule has 1 amide bonds. The van der Waals surface area contributed by atoms with Crippen molar-refractivity contribution in [2.24, 2.45) is 0 Å². The number of hydrogen-bond acceptors (Lipinski definition) is 4. The molecule has 1 N–H and O–H groups in total. The molecule has 0 atom stereocenters. The van der Waals surface area contributed by atoms with E-state index in [0.717, 1.165) is 37.3 Å². The fraction of sp³-hybridized carbons (Fsp3) is 0.316. The van der Waals surface area contributed by atoms with Crippen LogP contribution in [0.1, 0.15) is 41.6 Å². The third kappa shape index (κ3) is 3.90. The van der Waals surface area contributed by atoms with E-state index in [-0.39, 0.29) is 5.91 Å². The number of amides is 1. The van der Waals surface area contributed by atoms with E-state index in [2.05, 4.69) is 16.4 Å². The molecule has 1 aromatic heterocycles. The van der Waals surface area contributed by atoms with Gasteiger partial charge in [-0.25, -0.2) is 0 Å². The molecule has 5 heteroatoms. The van der Waals surface area contributed by atoms with Gasteiger partial charge in [0.05, 0.1) is 29.1 Å². The van der Waals surface area contributed by atoms with E-state index in [9.17, 15) is 4.79 Å². The van der Waals surface area contributed by atoms with Crippen LogP contribution >= 0.6 is 0 Å². The molecule has 1 fully saturated rings. The molecule has 2 heterocycles. The summed E-state index contributed by atoms with van der Waals surface area (Å²) in [6, 6.07) is 11.2. The number of anilines is 2. The fourth-order valence-corrected chi connectivity index (χ4v) is 2.91. The molecule has 1 aliphatic rings. The number of pyridine rings is 1. The zero-order valence-electron chi connectivity index (χ0n) is 13.5. The highest BCUT2D eigenvalue weighted by atomic mass is 16.2. The van der Waals surface area contributed by atoms with Gasteiger partial charge in [-0.15, -0.1) is 0 Å². The van der Waals surface area contributed by atoms with Crippen molar-refractivity contribution in [1.82, 2.24) is 9.88 Å². The fourth-order valence-electron chi connectivity index (χ4n) is 2.91. The van der Waals surface area contributed by atoms with Crippen molar-refractivity contribution in [3.63, 3.8) is 0 Å². The topological polar surface area (TPSA) is 69.0 Å². The van der Waals surface area contributed by atoms with E-state index in [1.54, 1.807) is 24.5 Å². The molecule has 1 saturated heterocycles. The second-order valence-corrected chi connectivity index (χ2v) is 5.99. The molecule has 3 rings (SSSR count). The Bertz CT molecular complexity index is 758. The van der Waals surface area contributed by atoms with Gasteiger partial charge in [-0.2, -0.15) is 5.26 Å². The summed E-state index contributed by atoms with van der Waals surface area (Å²) in [6.45, 7) is 1.64. The number of carbonyl (C=O) groups is 1. The van der Waals surface area contributed by atoms with Crippen LogP contribution in [-0.4, -0.2) is 28.9 Å². The molecule has 122 valence electrons. The first kappa shape index (κ1) is 16.0. The van der Waals surface area contributed by atoms with Crippen molar-refractivity contribution in [1.29, 1.82) is 5.26 Å². The lowest BCUT2D eigenvalue weighted by Crippen LogP contribution is -2.31. The van der Waals surface area contributed by atoms with Gasteiger partial charge in [0.25, 0.3) is 5.91 Å². The van der Waals surface area contributed by atoms with Crippen LogP contribution in [0.2, 0.25) is 0 Å². The minimum Gasteiger partial charge on any atom is -0.354 e. The van der Waals surface area contributed by atoms with Crippen molar-refractivity contribution < 1.29 is 4.79 Å². The van der Waals surface area contributed by atoms with Gasteiger partial charge >= 0.3 is 0 Å². The summed E-state index contributed by atoms with van der Waals surface area (Å²) in [5.74, 6) is 0.0406. The maximum Gasteiger partial charge on any atom is 0.255 e. The SMILES string of the molecule is N#Cc1cccc(Nc2cncc(C(=O)N3CCCCCC3)c2)c1. The Morgan fingerprint density at radius 1 is 1.08 bits per heavy atom. The van der Waals surface area contributed by atoms with Crippen LogP contribution in [0, 0.1) is 11.3 Å². The van der Waals surface area contributed by atoms with E-state index in [4.69, 9.17) is 5.26 Å². The highest BCUT2D eigenvalue weighted by molar-refractivity contribution is 5.95. The second-order valence-electron chi connectivity index (χ2n) is 5.99. The second kappa shape index (κ2) is 7.60. The molecule has 0 saturated carbocycles. The molecule has 0 spiro atoms. The van der Waals surface area contributed by atoms with E-state index >= 15 is 0 Å². The summed E-state index contributed by atoms with van der Waals surface area (Å²) < 4.78 is 0. The van der Waals surface area contributed by atoms with Crippen LogP contribution in [0.4, 0.5) is 11.4 Å². The normalized spacial score (nSPS) is 14.5. The number of carbonyl (C=O) groups excluding carboxylic acids is 1. The van der Waals surface area contributed by atoms with Gasteiger partial charge in [-0.05, 0) is 37.1 Å². The van der Waals surface area contributed by atoms with Gasteiger partial charge in [-0.3, -0.25) is 9.78 Å². The molecule has 1 aromatic carbocycles. The Kier molecular flexibility index (Phi) is 5.07. The molecule has 1 aliphatic heterocycles. The minimum absolute atomic E-state index is 0.0406. The quantitative estimate of drug-likeness (QED) is 0.936. The van der Waals surface area contributed by atoms with Crippen molar-refractivity contribution in [2.45, 2.75) is 25.7 Å². The van der Waals surface area contributed by atoms with Crippen LogP contribution in [0.5, 0.6) is 0 Å². The summed E-state index contributed by atoms with van der Waals surface area (Å²) in [5, 5.41) is 12.2. The van der Waals surface area contributed by atoms with E-state index in [1.165, 1.54) is 12.8 Å². The molecule has 5 nitrogen and oxygen atoms in total. The summed E-state index contributed by atoms with van der Waals surface area (Å²) >= 11 is 0. The van der Waals surface area contributed by atoms with Crippen molar-refractivity contribution in [2.75, 3.05) is 18.4 Å². The van der Waals surface area contributed by atoms with Gasteiger partial charge in [0.2, 0.25) is 0 Å². The number of nitriles is 1. The van der Waals surface area contributed by atoms with Gasteiger partial charge in [0.1, 0.15) is 0 Å². The van der Waals surface area contributed by atoms with Crippen molar-refractivity contribution >= 4 is 17.3 Å². The first-order valence-corrected chi connectivity index (χ1v) is 8.28. The zero-order chi connectivity index (χ0) is 16.8. The average Bonchev–Trinajstić information content (AvgIpc) is 2.91. The molecule has 0 bridgehead atoms.